The van der Waals surface area contributed by atoms with Crippen molar-refractivity contribution in [3.05, 3.63) is 53.7 Å². The molecule has 0 unspecified atom stereocenters. The van der Waals surface area contributed by atoms with Crippen molar-refractivity contribution in [3.63, 3.8) is 0 Å². The number of nitrogens with zero attached hydrogens (tertiary/aromatic N) is 5. The molecule has 0 spiro atoms. The van der Waals surface area contributed by atoms with Crippen molar-refractivity contribution in [1.29, 1.82) is 0 Å². The van der Waals surface area contributed by atoms with E-state index in [0.29, 0.717) is 25.6 Å². The molecule has 0 atom stereocenters. The van der Waals surface area contributed by atoms with Gasteiger partial charge in [0.25, 0.3) is 0 Å². The Morgan fingerprint density at radius 3 is 2.93 bits per heavy atom. The van der Waals surface area contributed by atoms with Crippen LogP contribution in [0.25, 0.3) is 5.69 Å². The molecule has 2 amide bonds. The van der Waals surface area contributed by atoms with Gasteiger partial charge >= 0.3 is 6.03 Å². The van der Waals surface area contributed by atoms with Gasteiger partial charge in [-0.25, -0.2) is 9.48 Å². The van der Waals surface area contributed by atoms with Crippen molar-refractivity contribution < 1.29 is 9.53 Å². The lowest BCUT2D eigenvalue weighted by Crippen LogP contribution is -2.30. The molecule has 0 radical (unpaired) electrons. The van der Waals surface area contributed by atoms with Gasteiger partial charge in [0.2, 0.25) is 0 Å². The predicted molar refractivity (Wildman–Crippen MR) is 98.7 cm³/mol. The molecule has 140 valence electrons. The van der Waals surface area contributed by atoms with Gasteiger partial charge in [-0.15, -0.1) is 15.3 Å². The van der Waals surface area contributed by atoms with Crippen LogP contribution in [0.4, 0.5) is 10.6 Å². The van der Waals surface area contributed by atoms with E-state index in [-0.39, 0.29) is 12.6 Å². The Labute approximate surface area is 156 Å². The SMILES string of the molecule is Cc1cc(NC(=O)NCc2nnc3n2CCOCC3)nn1-c1ccccc1. The molecule has 0 fully saturated rings. The first kappa shape index (κ1) is 17.2. The third-order valence-electron chi connectivity index (χ3n) is 4.37. The van der Waals surface area contributed by atoms with Crippen LogP contribution in [0.5, 0.6) is 0 Å². The number of hydrogen-bond donors (Lipinski definition) is 2. The largest absolute Gasteiger partial charge is 0.379 e. The minimum absolute atomic E-state index is 0.289. The van der Waals surface area contributed by atoms with Gasteiger partial charge in [-0.2, -0.15) is 0 Å². The normalized spacial score (nSPS) is 13.7. The Bertz CT molecular complexity index is 933. The quantitative estimate of drug-likeness (QED) is 0.731. The fourth-order valence-corrected chi connectivity index (χ4v) is 3.05. The molecule has 0 saturated heterocycles. The summed E-state index contributed by atoms with van der Waals surface area (Å²) in [7, 11) is 0. The van der Waals surface area contributed by atoms with Gasteiger partial charge in [-0.05, 0) is 19.1 Å². The molecule has 27 heavy (non-hydrogen) atoms. The highest BCUT2D eigenvalue weighted by atomic mass is 16.5. The Hall–Kier alpha value is -3.20. The summed E-state index contributed by atoms with van der Waals surface area (Å²) in [6.07, 6.45) is 0.732. The average molecular weight is 367 g/mol. The summed E-state index contributed by atoms with van der Waals surface area (Å²) in [6.45, 7) is 4.20. The monoisotopic (exact) mass is 367 g/mol. The maximum absolute atomic E-state index is 12.2. The van der Waals surface area contributed by atoms with E-state index in [9.17, 15) is 4.79 Å². The zero-order chi connectivity index (χ0) is 18.6. The zero-order valence-corrected chi connectivity index (χ0v) is 15.1. The molecule has 9 heteroatoms. The van der Waals surface area contributed by atoms with Gasteiger partial charge in [0.1, 0.15) is 5.82 Å². The smallest absolute Gasteiger partial charge is 0.320 e. The summed E-state index contributed by atoms with van der Waals surface area (Å²) in [5.41, 5.74) is 1.87. The molecule has 1 aromatic carbocycles. The number of carbonyl (C=O) groups excluding carboxylic acids is 1. The number of carbonyl (C=O) groups is 1. The number of aryl methyl sites for hydroxylation is 1. The third-order valence-corrected chi connectivity index (χ3v) is 4.37. The van der Waals surface area contributed by atoms with Gasteiger partial charge in [0.15, 0.2) is 11.6 Å². The van der Waals surface area contributed by atoms with E-state index in [4.69, 9.17) is 4.74 Å². The Morgan fingerprint density at radius 2 is 2.07 bits per heavy atom. The van der Waals surface area contributed by atoms with E-state index in [2.05, 4.69) is 25.9 Å². The van der Waals surface area contributed by atoms with Crippen LogP contribution >= 0.6 is 0 Å². The van der Waals surface area contributed by atoms with Crippen molar-refractivity contribution in [3.8, 4) is 5.69 Å². The molecule has 0 aliphatic carbocycles. The first-order chi connectivity index (χ1) is 13.2. The predicted octanol–water partition coefficient (Wildman–Crippen LogP) is 1.67. The number of rotatable bonds is 4. The molecule has 0 bridgehead atoms. The Balaban J connectivity index is 1.39. The molecule has 9 nitrogen and oxygen atoms in total. The molecule has 1 aliphatic rings. The van der Waals surface area contributed by atoms with Crippen molar-refractivity contribution in [2.24, 2.45) is 0 Å². The Kier molecular flexibility index (Phi) is 4.84. The van der Waals surface area contributed by atoms with Crippen LogP contribution in [-0.2, 0) is 24.2 Å². The third kappa shape index (κ3) is 3.82. The fourth-order valence-electron chi connectivity index (χ4n) is 3.05. The number of fused-ring (bicyclic) bond motifs is 1. The van der Waals surface area contributed by atoms with E-state index >= 15 is 0 Å². The second-order valence-electron chi connectivity index (χ2n) is 6.27. The van der Waals surface area contributed by atoms with E-state index in [1.54, 1.807) is 4.68 Å². The molecule has 0 saturated carbocycles. The highest BCUT2D eigenvalue weighted by molar-refractivity contribution is 5.88. The number of benzene rings is 1. The van der Waals surface area contributed by atoms with Crippen LogP contribution in [-0.4, -0.2) is 43.8 Å². The number of amides is 2. The van der Waals surface area contributed by atoms with Gasteiger partial charge in [0, 0.05) is 24.7 Å². The van der Waals surface area contributed by atoms with Crippen molar-refractivity contribution >= 4 is 11.8 Å². The second-order valence-corrected chi connectivity index (χ2v) is 6.27. The highest BCUT2D eigenvalue weighted by Gasteiger charge is 2.16. The molecular weight excluding hydrogens is 346 g/mol. The lowest BCUT2D eigenvalue weighted by Gasteiger charge is -2.08. The number of para-hydroxylation sites is 1. The molecule has 3 aromatic rings. The van der Waals surface area contributed by atoms with Crippen LogP contribution in [0.15, 0.2) is 36.4 Å². The topological polar surface area (TPSA) is 98.9 Å². The van der Waals surface area contributed by atoms with E-state index < -0.39 is 0 Å². The van der Waals surface area contributed by atoms with E-state index in [0.717, 1.165) is 29.5 Å². The summed E-state index contributed by atoms with van der Waals surface area (Å²) in [4.78, 5) is 12.2. The minimum atomic E-state index is -0.338. The standard InChI is InChI=1S/C18H21N7O2/c1-13-11-15(23-25(13)14-5-3-2-4-6-14)20-18(26)19-12-17-22-21-16-7-9-27-10-8-24(16)17/h2-6,11H,7-10,12H2,1H3,(H2,19,20,23,26). The van der Waals surface area contributed by atoms with Gasteiger partial charge in [0.05, 0.1) is 25.4 Å². The number of aromatic nitrogens is 5. The molecule has 2 N–H and O–H groups in total. The molecule has 1 aliphatic heterocycles. The second kappa shape index (κ2) is 7.58. The zero-order valence-electron chi connectivity index (χ0n) is 15.1. The average Bonchev–Trinajstić information content (AvgIpc) is 3.14. The molecule has 4 rings (SSSR count). The number of urea groups is 1. The molecule has 3 heterocycles. The first-order valence-electron chi connectivity index (χ1n) is 8.86. The van der Waals surface area contributed by atoms with Crippen LogP contribution in [0.2, 0.25) is 0 Å². The van der Waals surface area contributed by atoms with Gasteiger partial charge in [-0.1, -0.05) is 18.2 Å². The van der Waals surface area contributed by atoms with Crippen molar-refractivity contribution in [1.82, 2.24) is 29.9 Å². The van der Waals surface area contributed by atoms with Gasteiger partial charge in [-0.3, -0.25) is 5.32 Å². The Morgan fingerprint density at radius 1 is 1.22 bits per heavy atom. The summed E-state index contributed by atoms with van der Waals surface area (Å²) in [5, 5.41) is 18.4. The molecule has 2 aromatic heterocycles. The summed E-state index contributed by atoms with van der Waals surface area (Å²) in [6, 6.07) is 11.3. The summed E-state index contributed by atoms with van der Waals surface area (Å²) >= 11 is 0. The van der Waals surface area contributed by atoms with Crippen LogP contribution in [0.1, 0.15) is 17.3 Å². The van der Waals surface area contributed by atoms with Crippen LogP contribution in [0, 0.1) is 6.92 Å². The molecular formula is C18H21N7O2. The lowest BCUT2D eigenvalue weighted by molar-refractivity contribution is 0.139. The van der Waals surface area contributed by atoms with E-state index in [1.807, 2.05) is 47.9 Å². The minimum Gasteiger partial charge on any atom is -0.379 e. The number of nitrogens with one attached hydrogen (secondary N) is 2. The van der Waals surface area contributed by atoms with Crippen molar-refractivity contribution in [2.45, 2.75) is 26.4 Å². The fraction of sp³-hybridized carbons (Fsp3) is 0.333. The lowest BCUT2D eigenvalue weighted by atomic mass is 10.3. The number of anilines is 1. The maximum Gasteiger partial charge on any atom is 0.320 e. The number of ether oxygens (including phenoxy) is 1. The maximum atomic E-state index is 12.2. The van der Waals surface area contributed by atoms with Gasteiger partial charge < -0.3 is 14.6 Å². The van der Waals surface area contributed by atoms with Crippen LogP contribution < -0.4 is 10.6 Å². The first-order valence-corrected chi connectivity index (χ1v) is 8.86. The van der Waals surface area contributed by atoms with Crippen molar-refractivity contribution in [2.75, 3.05) is 18.5 Å². The van der Waals surface area contributed by atoms with E-state index in [1.165, 1.54) is 0 Å². The number of hydrogen-bond acceptors (Lipinski definition) is 5. The van der Waals surface area contributed by atoms with Crippen LogP contribution in [0.3, 0.4) is 0 Å². The summed E-state index contributed by atoms with van der Waals surface area (Å²) < 4.78 is 9.23. The highest BCUT2D eigenvalue weighted by Crippen LogP contribution is 2.14. The summed E-state index contributed by atoms with van der Waals surface area (Å²) in [5.74, 6) is 2.10.